The lowest BCUT2D eigenvalue weighted by Gasteiger charge is -2.30. The zero-order valence-electron chi connectivity index (χ0n) is 19.6. The van der Waals surface area contributed by atoms with E-state index in [1.165, 1.54) is 10.9 Å². The van der Waals surface area contributed by atoms with Gasteiger partial charge >= 0.3 is 0 Å². The number of nitrogens with zero attached hydrogens (tertiary/aromatic N) is 4. The van der Waals surface area contributed by atoms with E-state index in [-0.39, 0.29) is 17.5 Å². The molecule has 1 aliphatic heterocycles. The fraction of sp³-hybridized carbons (Fsp3) is 0.276. The number of benzene rings is 2. The van der Waals surface area contributed by atoms with Crippen molar-refractivity contribution in [3.05, 3.63) is 100.0 Å². The van der Waals surface area contributed by atoms with E-state index >= 15 is 0 Å². The Morgan fingerprint density at radius 1 is 0.914 bits per heavy atom. The van der Waals surface area contributed by atoms with Crippen LogP contribution in [0.3, 0.4) is 0 Å². The molecule has 3 heterocycles. The van der Waals surface area contributed by atoms with Crippen LogP contribution < -0.4 is 5.56 Å². The van der Waals surface area contributed by atoms with E-state index in [9.17, 15) is 9.59 Å². The van der Waals surface area contributed by atoms with Crippen LogP contribution in [0.2, 0.25) is 0 Å². The fourth-order valence-electron chi connectivity index (χ4n) is 5.47. The Bertz CT molecular complexity index is 1460. The van der Waals surface area contributed by atoms with Gasteiger partial charge in [-0.1, -0.05) is 92.1 Å². The Kier molecular flexibility index (Phi) is 5.57. The third-order valence-corrected chi connectivity index (χ3v) is 7.25. The van der Waals surface area contributed by atoms with Gasteiger partial charge in [-0.2, -0.15) is 9.61 Å². The van der Waals surface area contributed by atoms with Crippen LogP contribution in [0.15, 0.2) is 77.6 Å². The first kappa shape index (κ1) is 21.6. The van der Waals surface area contributed by atoms with E-state index in [0.717, 1.165) is 42.5 Å². The number of rotatable bonds is 5. The number of carbonyl (C=O) groups is 1. The molecule has 0 spiro atoms. The highest BCUT2D eigenvalue weighted by Crippen LogP contribution is 2.31. The van der Waals surface area contributed by atoms with Crippen molar-refractivity contribution in [3.8, 4) is 11.3 Å². The van der Waals surface area contributed by atoms with E-state index in [0.29, 0.717) is 30.0 Å². The summed E-state index contributed by atoms with van der Waals surface area (Å²) in [5, 5.41) is 4.68. The van der Waals surface area contributed by atoms with Gasteiger partial charge in [0.05, 0.1) is 17.8 Å². The maximum atomic E-state index is 13.7. The van der Waals surface area contributed by atoms with Crippen LogP contribution in [0, 0.1) is 0 Å². The molecule has 0 saturated heterocycles. The first-order chi connectivity index (χ1) is 17.2. The summed E-state index contributed by atoms with van der Waals surface area (Å²) < 4.78 is 3.45. The van der Waals surface area contributed by atoms with Gasteiger partial charge in [0.1, 0.15) is 11.3 Å². The van der Waals surface area contributed by atoms with Crippen LogP contribution in [0.1, 0.15) is 53.7 Å². The van der Waals surface area contributed by atoms with Crippen LogP contribution in [-0.2, 0) is 13.1 Å². The molecular formula is C29H28N4O2. The molecule has 6 nitrogen and oxygen atoms in total. The topological polar surface area (TPSA) is 59.6 Å². The zero-order chi connectivity index (χ0) is 23.8. The first-order valence-electron chi connectivity index (χ1n) is 12.4. The van der Waals surface area contributed by atoms with Crippen molar-refractivity contribution in [1.82, 2.24) is 19.1 Å². The van der Waals surface area contributed by atoms with Crippen molar-refractivity contribution in [3.63, 3.8) is 0 Å². The maximum Gasteiger partial charge on any atom is 0.280 e. The second-order valence-electron chi connectivity index (χ2n) is 9.45. The minimum atomic E-state index is -0.188. The van der Waals surface area contributed by atoms with Gasteiger partial charge in [-0.25, -0.2) is 0 Å². The predicted molar refractivity (Wildman–Crippen MR) is 137 cm³/mol. The lowest BCUT2D eigenvalue weighted by Crippen LogP contribution is -2.37. The van der Waals surface area contributed by atoms with Crippen molar-refractivity contribution in [2.75, 3.05) is 0 Å². The van der Waals surface area contributed by atoms with Gasteiger partial charge in [-0.15, -0.1) is 0 Å². The Morgan fingerprint density at radius 2 is 1.63 bits per heavy atom. The standard InChI is InChI=1S/C29H28N4O2/c34-28-24-20-32(23-16-8-3-9-17-23)29(35)27(24)31(18-10-13-21-11-4-1-5-12-21)26-19-25(30-33(26)28)22-14-6-2-7-15-22/h1-2,4-7,10-15,19,23H,3,8-9,16-18,20H2/b13-10-. The minimum absolute atomic E-state index is 0.0259. The highest BCUT2D eigenvalue weighted by atomic mass is 16.2. The Hall–Kier alpha value is -3.93. The van der Waals surface area contributed by atoms with Crippen molar-refractivity contribution in [2.45, 2.75) is 51.2 Å². The van der Waals surface area contributed by atoms with Crippen LogP contribution in [0.4, 0.5) is 0 Å². The van der Waals surface area contributed by atoms with Crippen molar-refractivity contribution >= 4 is 17.6 Å². The molecule has 0 radical (unpaired) electrons. The molecule has 1 amide bonds. The number of fused-ring (bicyclic) bond motifs is 2. The highest BCUT2D eigenvalue weighted by Gasteiger charge is 2.38. The van der Waals surface area contributed by atoms with Crippen LogP contribution >= 0.6 is 0 Å². The number of carbonyl (C=O) groups excluding carboxylic acids is 1. The average molecular weight is 465 g/mol. The molecule has 6 heteroatoms. The van der Waals surface area contributed by atoms with E-state index in [1.807, 2.05) is 88.3 Å². The SMILES string of the molecule is O=C1c2c(c(=O)n3nc(-c4ccccc4)cc3n2C/C=C\c2ccccc2)CN1C1CCCCC1. The van der Waals surface area contributed by atoms with Gasteiger partial charge in [0.25, 0.3) is 11.5 Å². The predicted octanol–water partition coefficient (Wildman–Crippen LogP) is 5.16. The van der Waals surface area contributed by atoms with E-state index in [4.69, 9.17) is 0 Å². The quantitative estimate of drug-likeness (QED) is 0.410. The number of hydrogen-bond acceptors (Lipinski definition) is 3. The van der Waals surface area contributed by atoms with Crippen LogP contribution in [0.25, 0.3) is 23.0 Å². The lowest BCUT2D eigenvalue weighted by molar-refractivity contribution is 0.0652. The number of allylic oxidation sites excluding steroid dienone is 1. The molecule has 35 heavy (non-hydrogen) atoms. The van der Waals surface area contributed by atoms with Gasteiger partial charge in [0.2, 0.25) is 0 Å². The van der Waals surface area contributed by atoms with E-state index in [2.05, 4.69) is 5.10 Å². The van der Waals surface area contributed by atoms with Gasteiger partial charge in [0.15, 0.2) is 0 Å². The van der Waals surface area contributed by atoms with Gasteiger partial charge in [0, 0.05) is 24.2 Å². The molecule has 0 N–H and O–H groups in total. The van der Waals surface area contributed by atoms with Crippen molar-refractivity contribution < 1.29 is 4.79 Å². The molecule has 2 aromatic carbocycles. The van der Waals surface area contributed by atoms with E-state index < -0.39 is 0 Å². The van der Waals surface area contributed by atoms with Gasteiger partial charge < -0.3 is 9.47 Å². The monoisotopic (exact) mass is 464 g/mol. The summed E-state index contributed by atoms with van der Waals surface area (Å²) in [7, 11) is 0. The van der Waals surface area contributed by atoms with Crippen molar-refractivity contribution in [1.29, 1.82) is 0 Å². The van der Waals surface area contributed by atoms with E-state index in [1.54, 1.807) is 0 Å². The van der Waals surface area contributed by atoms with Crippen LogP contribution in [-0.4, -0.2) is 31.0 Å². The summed E-state index contributed by atoms with van der Waals surface area (Å²) in [4.78, 5) is 29.2. The largest absolute Gasteiger partial charge is 0.330 e. The Labute approximate surface area is 204 Å². The normalized spacial score (nSPS) is 16.5. The zero-order valence-corrected chi connectivity index (χ0v) is 19.6. The van der Waals surface area contributed by atoms with Gasteiger partial charge in [-0.3, -0.25) is 9.59 Å². The molecule has 1 aliphatic carbocycles. The molecule has 0 atom stereocenters. The number of aromatic nitrogens is 3. The smallest absolute Gasteiger partial charge is 0.280 e. The van der Waals surface area contributed by atoms with Crippen LogP contribution in [0.5, 0.6) is 0 Å². The highest BCUT2D eigenvalue weighted by molar-refractivity contribution is 5.97. The fourth-order valence-corrected chi connectivity index (χ4v) is 5.47. The molecular weight excluding hydrogens is 436 g/mol. The molecule has 2 aliphatic rings. The third-order valence-electron chi connectivity index (χ3n) is 7.25. The first-order valence-corrected chi connectivity index (χ1v) is 12.4. The molecule has 4 aromatic rings. The summed E-state index contributed by atoms with van der Waals surface area (Å²) in [6.45, 7) is 0.849. The average Bonchev–Trinajstić information content (AvgIpc) is 3.51. The summed E-state index contributed by atoms with van der Waals surface area (Å²) >= 11 is 0. The second-order valence-corrected chi connectivity index (χ2v) is 9.45. The molecule has 0 unspecified atom stereocenters. The molecule has 6 rings (SSSR count). The molecule has 1 fully saturated rings. The summed E-state index contributed by atoms with van der Waals surface area (Å²) in [5.74, 6) is -0.0259. The summed E-state index contributed by atoms with van der Waals surface area (Å²) in [6, 6.07) is 22.1. The third kappa shape index (κ3) is 3.89. The van der Waals surface area contributed by atoms with Crippen molar-refractivity contribution in [2.24, 2.45) is 0 Å². The minimum Gasteiger partial charge on any atom is -0.330 e. The van der Waals surface area contributed by atoms with Gasteiger partial charge in [-0.05, 0) is 18.4 Å². The molecule has 0 bridgehead atoms. The molecule has 2 aromatic heterocycles. The molecule has 1 saturated carbocycles. The second kappa shape index (κ2) is 9.02. The Balaban J connectivity index is 1.47. The summed E-state index contributed by atoms with van der Waals surface area (Å²) in [5.41, 5.74) is 4.29. The molecule has 176 valence electrons. The Morgan fingerprint density at radius 3 is 2.37 bits per heavy atom. The number of hydrogen-bond donors (Lipinski definition) is 0. The summed E-state index contributed by atoms with van der Waals surface area (Å²) in [6.07, 6.45) is 9.61. The number of amides is 1. The maximum absolute atomic E-state index is 13.7. The lowest BCUT2D eigenvalue weighted by atomic mass is 9.94.